The van der Waals surface area contributed by atoms with Crippen molar-refractivity contribution < 1.29 is 77.6 Å². The van der Waals surface area contributed by atoms with E-state index in [1.807, 2.05) is 42.5 Å². The Hall–Kier alpha value is -11.5. The number of benzene rings is 4. The molecule has 1 aliphatic heterocycles. The molecule has 0 bridgehead atoms. The molecule has 0 unspecified atom stereocenters. The van der Waals surface area contributed by atoms with Gasteiger partial charge in [0.2, 0.25) is 70.9 Å². The maximum Gasteiger partial charge on any atom is 0.312 e. The molecule has 0 aliphatic carbocycles. The Morgan fingerprint density at radius 1 is 0.537 bits per heavy atom. The zero-order chi connectivity index (χ0) is 79.1. The number of hydrogen-bond donors (Lipinski definition) is 18. The van der Waals surface area contributed by atoms with E-state index in [0.29, 0.717) is 33.7 Å². The second-order valence-electron chi connectivity index (χ2n) is 26.6. The first kappa shape index (κ1) is 85.4. The molecule has 1 aromatic heterocycles. The number of aliphatic imine (C=N–C) groups is 1. The maximum atomic E-state index is 14.8. The molecule has 22 N–H and O–H groups in total. The first-order valence-electron chi connectivity index (χ1n) is 35.2. The molecule has 1 fully saturated rings. The molecule has 4 aromatic carbocycles. The summed E-state index contributed by atoms with van der Waals surface area (Å²) in [5, 5.41) is 61.9. The van der Waals surface area contributed by atoms with Gasteiger partial charge in [0.25, 0.3) is 0 Å². The summed E-state index contributed by atoms with van der Waals surface area (Å²) >= 11 is 6.21. The highest BCUT2D eigenvalue weighted by Crippen LogP contribution is 2.22. The predicted molar refractivity (Wildman–Crippen MR) is 398 cm³/mol. The number of nitrogens with one attached hydrogen (secondary N) is 11. The van der Waals surface area contributed by atoms with Crippen LogP contribution in [0.15, 0.2) is 121 Å². The molecule has 5 aromatic rings. The molecule has 1 aliphatic rings. The number of phenolic OH excluding ortho intramolecular Hbond substituents is 1. The molecule has 108 heavy (non-hydrogen) atoms. The molecule has 582 valence electrons. The van der Waals surface area contributed by atoms with Crippen LogP contribution in [0.4, 0.5) is 4.79 Å². The minimum absolute atomic E-state index is 0.0128. The van der Waals surface area contributed by atoms with Gasteiger partial charge in [0.15, 0.2) is 5.96 Å². The maximum absolute atomic E-state index is 14.8. The fourth-order valence-corrected chi connectivity index (χ4v) is 12.0. The third-order valence-electron chi connectivity index (χ3n) is 17.5. The number of carbonyl (C=O) groups excluding carboxylic acids is 13. The van der Waals surface area contributed by atoms with E-state index < -0.39 is 157 Å². The highest BCUT2D eigenvalue weighted by atomic mass is 35.5. The average molecular weight is 1520 g/mol. The fraction of sp³-hybridized carbons (Fsp3) is 0.438. The molecule has 14 amide bonds. The number of nitrogens with zero attached hydrogens (tertiary/aromatic N) is 3. The summed E-state index contributed by atoms with van der Waals surface area (Å²) < 4.78 is 0. The lowest BCUT2D eigenvalue weighted by atomic mass is 9.99. The number of urea groups is 1. The lowest BCUT2D eigenvalue weighted by Gasteiger charge is -2.31. The topological polar surface area (TPSA) is 547 Å². The second-order valence-corrected chi connectivity index (χ2v) is 27.0. The number of phenols is 1. The monoisotopic (exact) mass is 1520 g/mol. The largest absolute Gasteiger partial charge is 0.508 e. The van der Waals surface area contributed by atoms with Crippen molar-refractivity contribution in [2.45, 2.75) is 165 Å². The standard InChI is InChI=1S/C73H97ClN18O16/c1-40(2)31-53(63(99)85-52(15-9-28-80-72(76)77)71(107)92-30-10-16-60(92)70(106)82-41(3)61(75)97)86-62(98)51(14-8-29-81-73(78)108)84-65(101)55(34-44-20-25-50(96)26-21-44)89-68(104)58(38-93)91-69(105)59(39-94)90-67(103)57(36-46-11-7-27-79-37-46)88-66(102)56(33-43-18-23-49(74)24-19-43)87-64(100)54(83-42(4)95)35-45-17-22-47-12-5-6-13-48(47)32-45/h5-7,11-13,17-27,32,37,40-41,51-60,93-94,96H,8-10,14-16,28-31,33-36,38-39H2,1-4H3,(H2,75,97)(H,82,106)(H,83,95)(H,84,101)(H,85,99)(H,86,98)(H,87,100)(H,88,102)(H,89,104)(H,90,103)(H,91,105)(H4,76,77,80)(H3,78,81,108)/t41-,51-,52+,53+,54-,55+,56-,57-,58+,59+,60+/m1/s1. The van der Waals surface area contributed by atoms with Crippen molar-refractivity contribution in [1.29, 1.82) is 0 Å². The highest BCUT2D eigenvalue weighted by Gasteiger charge is 2.41. The van der Waals surface area contributed by atoms with Gasteiger partial charge in [-0.15, -0.1) is 0 Å². The van der Waals surface area contributed by atoms with Gasteiger partial charge in [0.1, 0.15) is 72.2 Å². The van der Waals surface area contributed by atoms with Crippen molar-refractivity contribution in [2.24, 2.45) is 33.8 Å². The Labute approximate surface area is 628 Å². The van der Waals surface area contributed by atoms with Gasteiger partial charge in [-0.3, -0.25) is 67.5 Å². The number of rotatable bonds is 41. The number of guanidine groups is 1. The first-order chi connectivity index (χ1) is 51.4. The van der Waals surface area contributed by atoms with E-state index in [4.69, 9.17) is 34.5 Å². The van der Waals surface area contributed by atoms with E-state index in [1.54, 1.807) is 50.2 Å². The normalized spacial score (nSPS) is 15.3. The molecule has 35 heteroatoms. The van der Waals surface area contributed by atoms with E-state index in [-0.39, 0.29) is 101 Å². The zero-order valence-electron chi connectivity index (χ0n) is 60.4. The molecule has 11 atom stereocenters. The van der Waals surface area contributed by atoms with Crippen molar-refractivity contribution in [2.75, 3.05) is 32.8 Å². The number of nitrogens with two attached hydrogens (primary N) is 4. The van der Waals surface area contributed by atoms with E-state index in [1.165, 1.54) is 55.4 Å². The average Bonchev–Trinajstić information content (AvgIpc) is 1.77. The minimum Gasteiger partial charge on any atom is -0.508 e. The van der Waals surface area contributed by atoms with Crippen LogP contribution in [-0.2, 0) is 83.2 Å². The summed E-state index contributed by atoms with van der Waals surface area (Å²) in [7, 11) is 0. The quantitative estimate of drug-likeness (QED) is 0.0112. The summed E-state index contributed by atoms with van der Waals surface area (Å²) in [4.78, 5) is 190. The minimum atomic E-state index is -1.94. The number of amides is 14. The highest BCUT2D eigenvalue weighted by molar-refractivity contribution is 6.30. The molecule has 0 radical (unpaired) electrons. The van der Waals surface area contributed by atoms with Crippen LogP contribution in [0.25, 0.3) is 10.8 Å². The molecule has 2 heterocycles. The molecular formula is C73H97ClN18O16. The van der Waals surface area contributed by atoms with E-state index in [2.05, 4.69) is 68.5 Å². The molecule has 1 saturated heterocycles. The zero-order valence-corrected chi connectivity index (χ0v) is 61.1. The van der Waals surface area contributed by atoms with Crippen molar-refractivity contribution in [1.82, 2.24) is 68.4 Å². The number of aromatic hydroxyl groups is 1. The number of fused-ring (bicyclic) bond motifs is 1. The van der Waals surface area contributed by atoms with Crippen molar-refractivity contribution in [3.8, 4) is 5.75 Å². The van der Waals surface area contributed by atoms with Crippen LogP contribution >= 0.6 is 11.6 Å². The van der Waals surface area contributed by atoms with Crippen LogP contribution in [0, 0.1) is 5.92 Å². The number of primary amides is 2. The van der Waals surface area contributed by atoms with Crippen LogP contribution in [0.3, 0.4) is 0 Å². The molecule has 0 spiro atoms. The van der Waals surface area contributed by atoms with Gasteiger partial charge in [0.05, 0.1) is 13.2 Å². The second kappa shape index (κ2) is 42.6. The number of pyridine rings is 1. The van der Waals surface area contributed by atoms with Gasteiger partial charge >= 0.3 is 6.03 Å². The van der Waals surface area contributed by atoms with Gasteiger partial charge in [0, 0.05) is 69.7 Å². The van der Waals surface area contributed by atoms with Crippen LogP contribution < -0.4 is 81.4 Å². The number of likely N-dealkylation sites (tertiary alicyclic amines) is 1. The fourth-order valence-electron chi connectivity index (χ4n) is 11.9. The first-order valence-corrected chi connectivity index (χ1v) is 35.6. The van der Waals surface area contributed by atoms with Crippen LogP contribution in [-0.4, -0.2) is 207 Å². The van der Waals surface area contributed by atoms with E-state index in [9.17, 15) is 77.6 Å². The number of halogens is 1. The van der Waals surface area contributed by atoms with Crippen molar-refractivity contribution in [3.05, 3.63) is 143 Å². The van der Waals surface area contributed by atoms with E-state index in [0.717, 1.165) is 10.8 Å². The van der Waals surface area contributed by atoms with Gasteiger partial charge in [-0.05, 0) is 121 Å². The number of carbonyl (C=O) groups is 13. The summed E-state index contributed by atoms with van der Waals surface area (Å²) in [6.07, 6.45) is 2.43. The summed E-state index contributed by atoms with van der Waals surface area (Å²) in [5.74, 6) is -11.4. The van der Waals surface area contributed by atoms with Gasteiger partial charge in [-0.1, -0.05) is 98.2 Å². The lowest BCUT2D eigenvalue weighted by molar-refractivity contribution is -0.142. The Balaban J connectivity index is 1.22. The molecule has 6 rings (SSSR count). The number of aliphatic hydroxyl groups excluding tert-OH is 2. The lowest BCUT2D eigenvalue weighted by Crippen LogP contribution is -2.62. The van der Waals surface area contributed by atoms with E-state index >= 15 is 0 Å². The van der Waals surface area contributed by atoms with Crippen molar-refractivity contribution >= 4 is 105 Å². The summed E-state index contributed by atoms with van der Waals surface area (Å²) in [6, 6.07) is 10.9. The Kier molecular flexibility index (Phi) is 33.7. The van der Waals surface area contributed by atoms with Crippen LogP contribution in [0.5, 0.6) is 5.75 Å². The summed E-state index contributed by atoms with van der Waals surface area (Å²) in [5.41, 5.74) is 23.7. The number of hydrogen-bond acceptors (Lipinski definition) is 18. The molecular weight excluding hydrogens is 1420 g/mol. The van der Waals surface area contributed by atoms with Gasteiger partial charge < -0.3 is 102 Å². The third-order valence-corrected chi connectivity index (χ3v) is 17.7. The third kappa shape index (κ3) is 27.8. The Morgan fingerprint density at radius 2 is 1.01 bits per heavy atom. The van der Waals surface area contributed by atoms with Crippen molar-refractivity contribution in [3.63, 3.8) is 0 Å². The predicted octanol–water partition coefficient (Wildman–Crippen LogP) is -2.24. The van der Waals surface area contributed by atoms with Gasteiger partial charge in [-0.25, -0.2) is 4.79 Å². The van der Waals surface area contributed by atoms with Crippen LogP contribution in [0.1, 0.15) is 94.9 Å². The molecule has 0 saturated carbocycles. The Morgan fingerprint density at radius 3 is 1.54 bits per heavy atom. The Bertz CT molecular complexity index is 3980. The SMILES string of the molecule is CC(=O)N[C@H](Cc1ccc2ccccc2c1)C(=O)N[C@H](Cc1ccc(Cl)cc1)C(=O)N[C@H](Cc1cccnc1)C(=O)N[C@@H](CO)C(=O)N[C@@H](CO)C(=O)N[C@@H](Cc1ccc(O)cc1)C(=O)N[C@H](CCCNC(N)=O)C(=O)N[C@@H](CC(C)C)C(=O)N[C@@H](CCCN=C(N)N)C(=O)N1CCC[C@H]1C(=O)N[C@H](C)C(N)=O. The smallest absolute Gasteiger partial charge is 0.312 e. The number of aliphatic hydroxyl groups is 2. The summed E-state index contributed by atoms with van der Waals surface area (Å²) in [6.45, 7) is 3.84. The van der Waals surface area contributed by atoms with Crippen LogP contribution in [0.2, 0.25) is 5.02 Å². The van der Waals surface area contributed by atoms with Gasteiger partial charge in [-0.2, -0.15) is 0 Å². The number of aromatic nitrogens is 1. The molecule has 34 nitrogen and oxygen atoms in total.